The summed E-state index contributed by atoms with van der Waals surface area (Å²) in [5.74, 6) is -0.183. The van der Waals surface area contributed by atoms with Gasteiger partial charge in [0.2, 0.25) is 0 Å². The van der Waals surface area contributed by atoms with Gasteiger partial charge in [-0.1, -0.05) is 209 Å². The molecule has 0 unspecified atom stereocenters. The Morgan fingerprint density at radius 3 is 0.739 bits per heavy atom. The van der Waals surface area contributed by atoms with Crippen molar-refractivity contribution in [1.29, 1.82) is 0 Å². The summed E-state index contributed by atoms with van der Waals surface area (Å²) in [6.07, 6.45) is 49.4. The van der Waals surface area contributed by atoms with E-state index in [0.29, 0.717) is 0 Å². The molecular formula is C82H116O2S8. The predicted octanol–water partition coefficient (Wildman–Crippen LogP) is 30.6. The van der Waals surface area contributed by atoms with E-state index in [-0.39, 0.29) is 5.97 Å². The molecule has 10 heteroatoms. The maximum atomic E-state index is 13.5. The fourth-order valence-corrected chi connectivity index (χ4v) is 23.6. The van der Waals surface area contributed by atoms with Gasteiger partial charge >= 0.3 is 5.97 Å². The lowest BCUT2D eigenvalue weighted by atomic mass is 10.0. The molecule has 0 saturated heterocycles. The number of thiophene rings is 8. The quantitative estimate of drug-likeness (QED) is 0.0281. The van der Waals surface area contributed by atoms with Crippen LogP contribution in [0.2, 0.25) is 0 Å². The fraction of sp³-hybridized carbons (Fsp3) is 0.598. The highest BCUT2D eigenvalue weighted by molar-refractivity contribution is 7.32. The Balaban J connectivity index is 1.24. The van der Waals surface area contributed by atoms with Crippen LogP contribution < -0.4 is 0 Å². The van der Waals surface area contributed by atoms with Gasteiger partial charge in [0.15, 0.2) is 0 Å². The SMILES string of the molecule is CCCCCCc1cc(-c2sc(-c3sc(-c4sc(-c5sc(-c6sc(-c7sc(-c8sccc8CCCCCC)cc7CCCCCC)cc6CCCCCC)cc5CCCCCC)cc4CCCCCC)cc3CCCCCC)cc2CCCCCC)sc1C(=O)OC. The molecule has 0 saturated carbocycles. The summed E-state index contributed by atoms with van der Waals surface area (Å²) in [4.78, 5) is 34.9. The topological polar surface area (TPSA) is 26.3 Å². The Hall–Kier alpha value is -2.93. The number of ether oxygens (including phenoxy) is 1. The van der Waals surface area contributed by atoms with Gasteiger partial charge in [0, 0.05) is 68.3 Å². The van der Waals surface area contributed by atoms with Crippen LogP contribution in [0.25, 0.3) is 68.3 Å². The minimum atomic E-state index is -0.183. The van der Waals surface area contributed by atoms with Gasteiger partial charge in [0.1, 0.15) is 4.88 Å². The Labute approximate surface area is 591 Å². The van der Waals surface area contributed by atoms with Crippen LogP contribution in [0.1, 0.15) is 315 Å². The maximum Gasteiger partial charge on any atom is 0.348 e. The minimum Gasteiger partial charge on any atom is -0.465 e. The summed E-state index contributed by atoms with van der Waals surface area (Å²) in [5, 5.41) is 2.36. The molecule has 8 rings (SSSR count). The molecule has 504 valence electrons. The number of rotatable bonds is 48. The molecule has 0 aliphatic heterocycles. The van der Waals surface area contributed by atoms with Crippen LogP contribution in [-0.4, -0.2) is 13.1 Å². The molecule has 0 aliphatic rings. The Morgan fingerprint density at radius 2 is 0.489 bits per heavy atom. The molecule has 92 heavy (non-hydrogen) atoms. The van der Waals surface area contributed by atoms with E-state index in [1.54, 1.807) is 56.0 Å². The number of carbonyl (C=O) groups is 1. The van der Waals surface area contributed by atoms with E-state index >= 15 is 0 Å². The Kier molecular flexibility index (Phi) is 33.6. The van der Waals surface area contributed by atoms with Crippen molar-refractivity contribution in [3.05, 3.63) is 103 Å². The number of unbranched alkanes of at least 4 members (excludes halogenated alkanes) is 24. The van der Waals surface area contributed by atoms with Gasteiger partial charge in [-0.15, -0.1) is 90.7 Å². The highest BCUT2D eigenvalue weighted by Crippen LogP contribution is 2.54. The molecule has 8 aromatic heterocycles. The zero-order valence-corrected chi connectivity index (χ0v) is 65.1. The van der Waals surface area contributed by atoms with Crippen molar-refractivity contribution >= 4 is 96.7 Å². The predicted molar refractivity (Wildman–Crippen MR) is 422 cm³/mol. The van der Waals surface area contributed by atoms with Gasteiger partial charge in [0.25, 0.3) is 0 Å². The number of aryl methyl sites for hydroxylation is 8. The second-order valence-electron chi connectivity index (χ2n) is 26.5. The van der Waals surface area contributed by atoms with E-state index in [1.165, 1.54) is 287 Å². The van der Waals surface area contributed by atoms with E-state index in [4.69, 9.17) is 4.74 Å². The smallest absolute Gasteiger partial charge is 0.348 e. The first-order valence-electron chi connectivity index (χ1n) is 37.3. The first-order chi connectivity index (χ1) is 45.2. The van der Waals surface area contributed by atoms with Crippen LogP contribution >= 0.6 is 90.7 Å². The third-order valence-corrected chi connectivity index (χ3v) is 29.2. The van der Waals surface area contributed by atoms with Crippen LogP contribution in [0, 0.1) is 0 Å². The van der Waals surface area contributed by atoms with E-state index in [1.807, 2.05) is 22.7 Å². The number of esters is 1. The normalized spacial score (nSPS) is 11.8. The monoisotopic (exact) mass is 1390 g/mol. The van der Waals surface area contributed by atoms with Crippen molar-refractivity contribution in [1.82, 2.24) is 0 Å². The van der Waals surface area contributed by atoms with Crippen molar-refractivity contribution in [3.8, 4) is 68.3 Å². The largest absolute Gasteiger partial charge is 0.465 e. The molecule has 2 nitrogen and oxygen atoms in total. The van der Waals surface area contributed by atoms with Gasteiger partial charge < -0.3 is 4.74 Å². The lowest BCUT2D eigenvalue weighted by Gasteiger charge is -2.02. The number of hydrogen-bond donors (Lipinski definition) is 0. The summed E-state index contributed by atoms with van der Waals surface area (Å²) in [5.41, 5.74) is 12.0. The average molecular weight is 1390 g/mol. The lowest BCUT2D eigenvalue weighted by Crippen LogP contribution is -2.01. The third-order valence-electron chi connectivity index (χ3n) is 18.7. The second-order valence-corrected chi connectivity index (χ2v) is 34.8. The first kappa shape index (κ1) is 74.9. The molecule has 0 bridgehead atoms. The highest BCUT2D eigenvalue weighted by Gasteiger charge is 2.27. The summed E-state index contributed by atoms with van der Waals surface area (Å²) < 4.78 is 5.46. The molecule has 0 N–H and O–H groups in total. The van der Waals surface area contributed by atoms with Crippen molar-refractivity contribution in [2.75, 3.05) is 7.11 Å². The zero-order valence-electron chi connectivity index (χ0n) is 58.6. The molecule has 0 aromatic carbocycles. The summed E-state index contributed by atoms with van der Waals surface area (Å²) in [6, 6.07) is 20.8. The molecular weight excluding hydrogens is 1270 g/mol. The molecule has 0 amide bonds. The van der Waals surface area contributed by atoms with Crippen LogP contribution in [0.3, 0.4) is 0 Å². The average Bonchev–Trinajstić information content (AvgIpc) is 1.68. The molecule has 0 spiro atoms. The van der Waals surface area contributed by atoms with Crippen molar-refractivity contribution in [2.45, 2.75) is 312 Å². The summed E-state index contributed by atoms with van der Waals surface area (Å²) in [6.45, 7) is 18.7. The number of carbonyl (C=O) groups excluding carboxylic acids is 1. The second kappa shape index (κ2) is 41.4. The fourth-order valence-electron chi connectivity index (χ4n) is 13.3. The molecule has 0 radical (unpaired) electrons. The van der Waals surface area contributed by atoms with Gasteiger partial charge in [-0.05, 0) is 201 Å². The van der Waals surface area contributed by atoms with Gasteiger partial charge in [0.05, 0.1) is 7.11 Å². The van der Waals surface area contributed by atoms with Crippen molar-refractivity contribution in [3.63, 3.8) is 0 Å². The van der Waals surface area contributed by atoms with E-state index < -0.39 is 0 Å². The van der Waals surface area contributed by atoms with Crippen LogP contribution in [0.5, 0.6) is 0 Å². The van der Waals surface area contributed by atoms with Gasteiger partial charge in [-0.3, -0.25) is 0 Å². The summed E-state index contributed by atoms with van der Waals surface area (Å²) in [7, 11) is 1.55. The number of methoxy groups -OCH3 is 1. The Bertz CT molecular complexity index is 3370. The molecule has 0 fully saturated rings. The van der Waals surface area contributed by atoms with Crippen molar-refractivity contribution in [2.24, 2.45) is 0 Å². The van der Waals surface area contributed by atoms with Crippen LogP contribution in [0.15, 0.2) is 53.9 Å². The van der Waals surface area contributed by atoms with Gasteiger partial charge in [-0.25, -0.2) is 4.79 Å². The first-order valence-corrected chi connectivity index (χ1v) is 43.9. The maximum absolute atomic E-state index is 13.5. The van der Waals surface area contributed by atoms with E-state index in [9.17, 15) is 4.79 Å². The van der Waals surface area contributed by atoms with Crippen LogP contribution in [0.4, 0.5) is 0 Å². The highest BCUT2D eigenvalue weighted by atomic mass is 32.1. The van der Waals surface area contributed by atoms with E-state index in [2.05, 4.69) is 166 Å². The standard InChI is InChI=1S/C82H116O2S8/c1-10-18-26-34-42-59-50-51-85-74(59)67-52-60(43-35-27-19-11-2)75(86-67)68-53-61(44-36-28-20-12-3)76(87-68)69-54-62(45-37-29-21-13-4)77(88-69)70-55-63(46-38-30-22-14-5)78(89-70)71-56-64(47-39-31-23-15-6)79(90-71)72-57-65(48-40-32-24-16-7)80(91-72)73-58-66(49-41-33-25-17-8)81(92-73)82(83)84-9/h50-58H,10-49H2,1-9H3. The minimum absolute atomic E-state index is 0.183. The number of hydrogen-bond acceptors (Lipinski definition) is 10. The molecule has 8 aromatic rings. The summed E-state index contributed by atoms with van der Waals surface area (Å²) >= 11 is 16.2. The van der Waals surface area contributed by atoms with Gasteiger partial charge in [-0.2, -0.15) is 0 Å². The third kappa shape index (κ3) is 21.5. The molecule has 0 aliphatic carbocycles. The van der Waals surface area contributed by atoms with Crippen LogP contribution in [-0.2, 0) is 56.1 Å². The zero-order chi connectivity index (χ0) is 64.9. The molecule has 8 heterocycles. The Morgan fingerprint density at radius 1 is 0.272 bits per heavy atom. The van der Waals surface area contributed by atoms with E-state index in [0.717, 1.165) is 49.8 Å². The van der Waals surface area contributed by atoms with Crippen molar-refractivity contribution < 1.29 is 9.53 Å². The molecule has 0 atom stereocenters. The lowest BCUT2D eigenvalue weighted by molar-refractivity contribution is 0.0605.